The Labute approximate surface area is 112 Å². The molecule has 0 aliphatic heterocycles. The number of carbonyl (C=O) groups is 1. The fourth-order valence-electron chi connectivity index (χ4n) is 2.01. The Morgan fingerprint density at radius 2 is 2.11 bits per heavy atom. The number of anilines is 1. The van der Waals surface area contributed by atoms with E-state index in [1.165, 1.54) is 7.11 Å². The monoisotopic (exact) mass is 259 g/mol. The lowest BCUT2D eigenvalue weighted by Gasteiger charge is -2.17. The minimum absolute atomic E-state index is 0.0401. The first-order chi connectivity index (χ1) is 9.13. The van der Waals surface area contributed by atoms with Gasteiger partial charge in [-0.3, -0.25) is 4.68 Å². The molecule has 1 heterocycles. The van der Waals surface area contributed by atoms with Crippen LogP contribution in [-0.4, -0.2) is 22.9 Å². The number of para-hydroxylation sites is 1. The number of nitrogens with zero attached hydrogens (tertiary/aromatic N) is 2. The van der Waals surface area contributed by atoms with E-state index in [0.29, 0.717) is 5.56 Å². The molecule has 1 N–H and O–H groups in total. The third kappa shape index (κ3) is 2.76. The van der Waals surface area contributed by atoms with Gasteiger partial charge in [0.2, 0.25) is 0 Å². The highest BCUT2D eigenvalue weighted by atomic mass is 16.5. The van der Waals surface area contributed by atoms with Gasteiger partial charge in [-0.05, 0) is 25.1 Å². The molecule has 0 aliphatic carbocycles. The van der Waals surface area contributed by atoms with Crippen LogP contribution in [0.2, 0.25) is 0 Å². The number of esters is 1. The first kappa shape index (κ1) is 13.1. The van der Waals surface area contributed by atoms with Gasteiger partial charge >= 0.3 is 5.97 Å². The number of aromatic nitrogens is 2. The normalized spacial score (nSPS) is 11.9. The first-order valence-corrected chi connectivity index (χ1v) is 6.05. The molecule has 1 atom stereocenters. The van der Waals surface area contributed by atoms with E-state index in [9.17, 15) is 4.79 Å². The van der Waals surface area contributed by atoms with Gasteiger partial charge in [-0.25, -0.2) is 4.79 Å². The van der Waals surface area contributed by atoms with Gasteiger partial charge in [0.25, 0.3) is 0 Å². The molecule has 1 unspecified atom stereocenters. The molecule has 5 heteroatoms. The van der Waals surface area contributed by atoms with E-state index in [1.807, 2.05) is 38.2 Å². The number of methoxy groups -OCH3 is 1. The van der Waals surface area contributed by atoms with Crippen LogP contribution in [-0.2, 0) is 11.8 Å². The van der Waals surface area contributed by atoms with Crippen LogP contribution in [0, 0.1) is 0 Å². The molecule has 2 rings (SSSR count). The summed E-state index contributed by atoms with van der Waals surface area (Å²) in [4.78, 5) is 11.7. The maximum atomic E-state index is 11.7. The maximum absolute atomic E-state index is 11.7. The number of benzene rings is 1. The molecule has 0 saturated heterocycles. The highest BCUT2D eigenvalue weighted by molar-refractivity contribution is 5.95. The Hall–Kier alpha value is -2.30. The minimum atomic E-state index is -0.347. The zero-order chi connectivity index (χ0) is 13.8. The third-order valence-corrected chi connectivity index (χ3v) is 3.01. The van der Waals surface area contributed by atoms with Gasteiger partial charge in [0.05, 0.1) is 24.4 Å². The van der Waals surface area contributed by atoms with Crippen molar-refractivity contribution in [1.29, 1.82) is 0 Å². The molecule has 0 bridgehead atoms. The highest BCUT2D eigenvalue weighted by Crippen LogP contribution is 2.22. The number of ether oxygens (including phenoxy) is 1. The van der Waals surface area contributed by atoms with Crippen LogP contribution < -0.4 is 5.32 Å². The SMILES string of the molecule is COC(=O)c1ccccc1NC(C)c1ccnn1C. The largest absolute Gasteiger partial charge is 0.465 e. The highest BCUT2D eigenvalue weighted by Gasteiger charge is 2.15. The molecule has 0 spiro atoms. The molecule has 0 aliphatic rings. The van der Waals surface area contributed by atoms with Crippen LogP contribution in [0.5, 0.6) is 0 Å². The molecule has 0 amide bonds. The van der Waals surface area contributed by atoms with E-state index >= 15 is 0 Å². The van der Waals surface area contributed by atoms with Crippen molar-refractivity contribution in [3.8, 4) is 0 Å². The standard InChI is InChI=1S/C14H17N3O2/c1-10(13-8-9-15-17(13)2)16-12-7-5-4-6-11(12)14(18)19-3/h4-10,16H,1-3H3. The first-order valence-electron chi connectivity index (χ1n) is 6.05. The Morgan fingerprint density at radius 1 is 1.37 bits per heavy atom. The summed E-state index contributed by atoms with van der Waals surface area (Å²) in [6, 6.07) is 9.27. The van der Waals surface area contributed by atoms with E-state index in [0.717, 1.165) is 11.4 Å². The van der Waals surface area contributed by atoms with Gasteiger partial charge in [-0.1, -0.05) is 12.1 Å². The number of carbonyl (C=O) groups excluding carboxylic acids is 1. The van der Waals surface area contributed by atoms with Crippen LogP contribution in [0.4, 0.5) is 5.69 Å². The second kappa shape index (κ2) is 5.56. The lowest BCUT2D eigenvalue weighted by molar-refractivity contribution is 0.0602. The fourth-order valence-corrected chi connectivity index (χ4v) is 2.01. The smallest absolute Gasteiger partial charge is 0.339 e. The second-order valence-corrected chi connectivity index (χ2v) is 4.28. The van der Waals surface area contributed by atoms with E-state index < -0.39 is 0 Å². The average Bonchev–Trinajstić information content (AvgIpc) is 2.85. The van der Waals surface area contributed by atoms with Gasteiger partial charge in [0, 0.05) is 18.9 Å². The van der Waals surface area contributed by atoms with Crippen LogP contribution in [0.3, 0.4) is 0 Å². The Bertz CT molecular complexity index is 578. The number of nitrogens with one attached hydrogen (secondary N) is 1. The molecular formula is C14H17N3O2. The maximum Gasteiger partial charge on any atom is 0.339 e. The molecule has 5 nitrogen and oxygen atoms in total. The van der Waals surface area contributed by atoms with E-state index in [1.54, 1.807) is 16.9 Å². The number of rotatable bonds is 4. The van der Waals surface area contributed by atoms with Crippen molar-refractivity contribution in [3.05, 3.63) is 47.8 Å². The van der Waals surface area contributed by atoms with Crippen molar-refractivity contribution in [2.75, 3.05) is 12.4 Å². The van der Waals surface area contributed by atoms with Crippen molar-refractivity contribution < 1.29 is 9.53 Å². The quantitative estimate of drug-likeness (QED) is 0.856. The Morgan fingerprint density at radius 3 is 2.74 bits per heavy atom. The topological polar surface area (TPSA) is 56.1 Å². The number of hydrogen-bond donors (Lipinski definition) is 1. The zero-order valence-corrected chi connectivity index (χ0v) is 11.3. The summed E-state index contributed by atoms with van der Waals surface area (Å²) < 4.78 is 6.58. The average molecular weight is 259 g/mol. The van der Waals surface area contributed by atoms with Crippen molar-refractivity contribution in [1.82, 2.24) is 9.78 Å². The second-order valence-electron chi connectivity index (χ2n) is 4.28. The zero-order valence-electron chi connectivity index (χ0n) is 11.3. The van der Waals surface area contributed by atoms with E-state index in [2.05, 4.69) is 10.4 Å². The van der Waals surface area contributed by atoms with Crippen LogP contribution >= 0.6 is 0 Å². The predicted octanol–water partition coefficient (Wildman–Crippen LogP) is 2.38. The molecule has 19 heavy (non-hydrogen) atoms. The van der Waals surface area contributed by atoms with Gasteiger partial charge in [0.1, 0.15) is 0 Å². The lowest BCUT2D eigenvalue weighted by atomic mass is 10.1. The van der Waals surface area contributed by atoms with Gasteiger partial charge < -0.3 is 10.1 Å². The van der Waals surface area contributed by atoms with E-state index in [-0.39, 0.29) is 12.0 Å². The fraction of sp³-hybridized carbons (Fsp3) is 0.286. The van der Waals surface area contributed by atoms with Crippen molar-refractivity contribution in [2.24, 2.45) is 7.05 Å². The van der Waals surface area contributed by atoms with Gasteiger partial charge in [0.15, 0.2) is 0 Å². The summed E-state index contributed by atoms with van der Waals surface area (Å²) in [7, 11) is 3.27. The Kier molecular flexibility index (Phi) is 3.85. The molecule has 2 aromatic rings. The number of aryl methyl sites for hydroxylation is 1. The van der Waals surface area contributed by atoms with Gasteiger partial charge in [-0.2, -0.15) is 5.10 Å². The van der Waals surface area contributed by atoms with Crippen molar-refractivity contribution in [3.63, 3.8) is 0 Å². The summed E-state index contributed by atoms with van der Waals surface area (Å²) >= 11 is 0. The molecule has 1 aromatic carbocycles. The molecular weight excluding hydrogens is 242 g/mol. The van der Waals surface area contributed by atoms with Crippen molar-refractivity contribution in [2.45, 2.75) is 13.0 Å². The van der Waals surface area contributed by atoms with Gasteiger partial charge in [-0.15, -0.1) is 0 Å². The number of hydrogen-bond acceptors (Lipinski definition) is 4. The molecule has 0 radical (unpaired) electrons. The van der Waals surface area contributed by atoms with Crippen LogP contribution in [0.15, 0.2) is 36.5 Å². The Balaban J connectivity index is 2.24. The van der Waals surface area contributed by atoms with E-state index in [4.69, 9.17) is 4.74 Å². The molecule has 0 saturated carbocycles. The summed E-state index contributed by atoms with van der Waals surface area (Å²) in [5.41, 5.74) is 2.32. The molecule has 100 valence electrons. The predicted molar refractivity (Wildman–Crippen MR) is 73.0 cm³/mol. The summed E-state index contributed by atoms with van der Waals surface area (Å²) in [5.74, 6) is -0.347. The third-order valence-electron chi connectivity index (χ3n) is 3.01. The minimum Gasteiger partial charge on any atom is -0.465 e. The molecule has 0 fully saturated rings. The lowest BCUT2D eigenvalue weighted by Crippen LogP contribution is -2.14. The molecule has 1 aromatic heterocycles. The van der Waals surface area contributed by atoms with Crippen LogP contribution in [0.25, 0.3) is 0 Å². The van der Waals surface area contributed by atoms with Crippen LogP contribution in [0.1, 0.15) is 29.0 Å². The summed E-state index contributed by atoms with van der Waals surface area (Å²) in [6.45, 7) is 2.02. The van der Waals surface area contributed by atoms with Crippen molar-refractivity contribution >= 4 is 11.7 Å². The summed E-state index contributed by atoms with van der Waals surface area (Å²) in [6.07, 6.45) is 1.75. The summed E-state index contributed by atoms with van der Waals surface area (Å²) in [5, 5.41) is 7.45.